The molecule has 108 valence electrons. The van der Waals surface area contributed by atoms with Gasteiger partial charge in [-0.2, -0.15) is 0 Å². The number of halogens is 1. The lowest BCUT2D eigenvalue weighted by molar-refractivity contribution is 0.0697. The Morgan fingerprint density at radius 3 is 2.40 bits per heavy atom. The van der Waals surface area contributed by atoms with Crippen LogP contribution in [0.5, 0.6) is 0 Å². The molecule has 4 heteroatoms. The summed E-state index contributed by atoms with van der Waals surface area (Å²) >= 11 is 6.04. The largest absolute Gasteiger partial charge is 0.478 e. The van der Waals surface area contributed by atoms with Gasteiger partial charge < -0.3 is 10.0 Å². The maximum absolute atomic E-state index is 11.4. The van der Waals surface area contributed by atoms with Gasteiger partial charge in [0.25, 0.3) is 0 Å². The zero-order valence-corrected chi connectivity index (χ0v) is 12.3. The van der Waals surface area contributed by atoms with E-state index in [1.54, 1.807) is 18.2 Å². The van der Waals surface area contributed by atoms with E-state index in [1.807, 2.05) is 0 Å². The molecule has 1 heterocycles. The zero-order valence-electron chi connectivity index (χ0n) is 11.6. The minimum Gasteiger partial charge on any atom is -0.478 e. The van der Waals surface area contributed by atoms with Gasteiger partial charge in [-0.15, -0.1) is 0 Å². The Bertz CT molecular complexity index is 513. The lowest BCUT2D eigenvalue weighted by atomic mass is 9.77. The molecule has 2 aliphatic rings. The van der Waals surface area contributed by atoms with Crippen molar-refractivity contribution in [2.45, 2.75) is 38.5 Å². The van der Waals surface area contributed by atoms with Gasteiger partial charge in [-0.3, -0.25) is 0 Å². The number of anilines is 1. The molecule has 1 saturated heterocycles. The monoisotopic (exact) mass is 293 g/mol. The lowest BCUT2D eigenvalue weighted by Crippen LogP contribution is -2.39. The summed E-state index contributed by atoms with van der Waals surface area (Å²) < 4.78 is 0. The van der Waals surface area contributed by atoms with E-state index >= 15 is 0 Å². The van der Waals surface area contributed by atoms with Crippen LogP contribution in [0.1, 0.15) is 48.9 Å². The third-order valence-corrected chi connectivity index (χ3v) is 5.25. The van der Waals surface area contributed by atoms with Gasteiger partial charge in [-0.1, -0.05) is 24.4 Å². The van der Waals surface area contributed by atoms with Crippen LogP contribution in [-0.4, -0.2) is 24.2 Å². The van der Waals surface area contributed by atoms with Crippen molar-refractivity contribution in [2.24, 2.45) is 5.41 Å². The molecule has 2 fully saturated rings. The summed E-state index contributed by atoms with van der Waals surface area (Å²) in [6.07, 6.45) is 7.77. The molecular weight excluding hydrogens is 274 g/mol. The van der Waals surface area contributed by atoms with Crippen LogP contribution in [0.4, 0.5) is 5.69 Å². The molecular formula is C16H20ClNO2. The molecule has 0 bridgehead atoms. The summed E-state index contributed by atoms with van der Waals surface area (Å²) in [7, 11) is 0. The van der Waals surface area contributed by atoms with Crippen molar-refractivity contribution >= 4 is 23.3 Å². The number of aromatic carboxylic acids is 1. The number of carboxylic acid groups (broad SMARTS) is 1. The van der Waals surface area contributed by atoms with Gasteiger partial charge in [0.15, 0.2) is 0 Å². The highest BCUT2D eigenvalue weighted by atomic mass is 35.5. The van der Waals surface area contributed by atoms with Gasteiger partial charge in [0, 0.05) is 18.1 Å². The fourth-order valence-corrected chi connectivity index (χ4v) is 3.96. The first-order valence-electron chi connectivity index (χ1n) is 7.38. The molecule has 0 amide bonds. The van der Waals surface area contributed by atoms with Gasteiger partial charge >= 0.3 is 5.97 Å². The number of hydrogen-bond donors (Lipinski definition) is 1. The first kappa shape index (κ1) is 13.7. The van der Waals surface area contributed by atoms with E-state index in [0.717, 1.165) is 18.8 Å². The molecule has 1 spiro atoms. The van der Waals surface area contributed by atoms with Crippen LogP contribution < -0.4 is 4.90 Å². The molecule has 20 heavy (non-hydrogen) atoms. The average Bonchev–Trinajstić information content (AvgIpc) is 2.87. The third kappa shape index (κ3) is 2.51. The number of carbonyl (C=O) groups is 1. The van der Waals surface area contributed by atoms with Crippen LogP contribution in [-0.2, 0) is 0 Å². The highest BCUT2D eigenvalue weighted by Crippen LogP contribution is 2.47. The number of piperidine rings is 1. The molecule has 0 radical (unpaired) electrons. The normalized spacial score (nSPS) is 21.4. The molecule has 3 rings (SSSR count). The van der Waals surface area contributed by atoms with E-state index in [2.05, 4.69) is 4.90 Å². The van der Waals surface area contributed by atoms with Crippen molar-refractivity contribution in [3.05, 3.63) is 28.8 Å². The Morgan fingerprint density at radius 1 is 1.15 bits per heavy atom. The van der Waals surface area contributed by atoms with Crippen molar-refractivity contribution < 1.29 is 9.90 Å². The average molecular weight is 294 g/mol. The first-order valence-corrected chi connectivity index (χ1v) is 7.75. The van der Waals surface area contributed by atoms with Crippen LogP contribution in [0.2, 0.25) is 5.02 Å². The topological polar surface area (TPSA) is 40.5 Å². The standard InChI is InChI=1S/C16H20ClNO2/c17-12-3-4-13(15(19)20)14(11-12)18-9-7-16(8-10-18)5-1-2-6-16/h3-4,11H,1-2,5-10H2,(H,19,20). The number of nitrogens with zero attached hydrogens (tertiary/aromatic N) is 1. The van der Waals surface area contributed by atoms with Crippen molar-refractivity contribution in [1.82, 2.24) is 0 Å². The molecule has 1 aromatic carbocycles. The number of rotatable bonds is 2. The highest BCUT2D eigenvalue weighted by molar-refractivity contribution is 6.31. The van der Waals surface area contributed by atoms with Crippen LogP contribution in [0.15, 0.2) is 18.2 Å². The van der Waals surface area contributed by atoms with Crippen LogP contribution in [0.25, 0.3) is 0 Å². The first-order chi connectivity index (χ1) is 9.60. The number of carboxylic acids is 1. The predicted octanol–water partition coefficient (Wildman–Crippen LogP) is 4.20. The Balaban J connectivity index is 1.80. The van der Waals surface area contributed by atoms with E-state index in [9.17, 15) is 9.90 Å². The fourth-order valence-electron chi connectivity index (χ4n) is 3.79. The van der Waals surface area contributed by atoms with E-state index in [0.29, 0.717) is 16.0 Å². The summed E-state index contributed by atoms with van der Waals surface area (Å²) in [6, 6.07) is 5.05. The minimum atomic E-state index is -0.877. The molecule has 1 N–H and O–H groups in total. The highest BCUT2D eigenvalue weighted by Gasteiger charge is 2.37. The summed E-state index contributed by atoms with van der Waals surface area (Å²) in [4.78, 5) is 13.5. The van der Waals surface area contributed by atoms with Crippen molar-refractivity contribution in [1.29, 1.82) is 0 Å². The molecule has 1 aliphatic carbocycles. The molecule has 0 unspecified atom stereocenters. The molecule has 1 saturated carbocycles. The summed E-state index contributed by atoms with van der Waals surface area (Å²) in [5, 5.41) is 9.93. The van der Waals surface area contributed by atoms with Crippen LogP contribution in [0, 0.1) is 5.41 Å². The maximum atomic E-state index is 11.4. The van der Waals surface area contributed by atoms with Gasteiger partial charge in [0.05, 0.1) is 11.3 Å². The molecule has 1 aromatic rings. The molecule has 1 aliphatic heterocycles. The second-order valence-electron chi connectivity index (χ2n) is 6.16. The third-order valence-electron chi connectivity index (χ3n) is 5.02. The summed E-state index contributed by atoms with van der Waals surface area (Å²) in [5.74, 6) is -0.877. The van der Waals surface area contributed by atoms with Crippen molar-refractivity contribution in [2.75, 3.05) is 18.0 Å². The predicted molar refractivity (Wildman–Crippen MR) is 80.8 cm³/mol. The molecule has 3 nitrogen and oxygen atoms in total. The molecule has 0 atom stereocenters. The Morgan fingerprint density at radius 2 is 1.80 bits per heavy atom. The van der Waals surface area contributed by atoms with Gasteiger partial charge in [-0.25, -0.2) is 4.79 Å². The summed E-state index contributed by atoms with van der Waals surface area (Å²) in [5.41, 5.74) is 1.67. The van der Waals surface area contributed by atoms with Crippen LogP contribution in [0.3, 0.4) is 0 Å². The smallest absolute Gasteiger partial charge is 0.337 e. The maximum Gasteiger partial charge on any atom is 0.337 e. The second-order valence-corrected chi connectivity index (χ2v) is 6.60. The summed E-state index contributed by atoms with van der Waals surface area (Å²) in [6.45, 7) is 1.89. The van der Waals surface area contributed by atoms with Gasteiger partial charge in [-0.05, 0) is 49.3 Å². The Kier molecular flexibility index (Phi) is 3.63. The van der Waals surface area contributed by atoms with E-state index in [-0.39, 0.29) is 0 Å². The Hall–Kier alpha value is -1.22. The Labute approximate surface area is 124 Å². The van der Waals surface area contributed by atoms with Gasteiger partial charge in [0.1, 0.15) is 0 Å². The fraction of sp³-hybridized carbons (Fsp3) is 0.562. The van der Waals surface area contributed by atoms with Gasteiger partial charge in [0.2, 0.25) is 0 Å². The molecule has 0 aromatic heterocycles. The van der Waals surface area contributed by atoms with E-state index < -0.39 is 5.97 Å². The number of hydrogen-bond acceptors (Lipinski definition) is 2. The second kappa shape index (κ2) is 5.28. The quantitative estimate of drug-likeness (QED) is 0.888. The van der Waals surface area contributed by atoms with Crippen molar-refractivity contribution in [3.63, 3.8) is 0 Å². The van der Waals surface area contributed by atoms with Crippen LogP contribution >= 0.6 is 11.6 Å². The number of benzene rings is 1. The van der Waals surface area contributed by atoms with Crippen molar-refractivity contribution in [3.8, 4) is 0 Å². The lowest BCUT2D eigenvalue weighted by Gasteiger charge is -2.41. The SMILES string of the molecule is O=C(O)c1ccc(Cl)cc1N1CCC2(CCCC2)CC1. The van der Waals surface area contributed by atoms with E-state index in [4.69, 9.17) is 11.6 Å². The minimum absolute atomic E-state index is 0.358. The zero-order chi connectivity index (χ0) is 14.2. The van der Waals surface area contributed by atoms with E-state index in [1.165, 1.54) is 38.5 Å².